The molecule has 0 spiro atoms. The summed E-state index contributed by atoms with van der Waals surface area (Å²) < 4.78 is 0. The molecule has 0 aromatic heterocycles. The summed E-state index contributed by atoms with van der Waals surface area (Å²) in [5.74, 6) is 0.911. The summed E-state index contributed by atoms with van der Waals surface area (Å²) in [6.45, 7) is 4.05. The Bertz CT molecular complexity index is 263. The molecule has 0 aliphatic heterocycles. The number of rotatable bonds is 3. The van der Waals surface area contributed by atoms with Gasteiger partial charge in [-0.3, -0.25) is 0 Å². The van der Waals surface area contributed by atoms with E-state index in [2.05, 4.69) is 0 Å². The maximum atomic E-state index is 5.87. The van der Waals surface area contributed by atoms with Gasteiger partial charge in [0.15, 0.2) is 0 Å². The van der Waals surface area contributed by atoms with E-state index in [1.54, 1.807) is 11.8 Å². The number of halogens is 1. The molecule has 3 heteroatoms. The molecule has 0 heterocycles. The average molecular weight is 216 g/mol. The van der Waals surface area contributed by atoms with Gasteiger partial charge < -0.3 is 5.73 Å². The van der Waals surface area contributed by atoms with E-state index in [1.807, 2.05) is 38.1 Å². The first kappa shape index (κ1) is 10.9. The predicted molar refractivity (Wildman–Crippen MR) is 60.4 cm³/mol. The van der Waals surface area contributed by atoms with Gasteiger partial charge in [-0.1, -0.05) is 11.6 Å². The van der Waals surface area contributed by atoms with E-state index >= 15 is 0 Å². The normalized spacial score (nSPS) is 11.7. The van der Waals surface area contributed by atoms with Crippen molar-refractivity contribution in [3.63, 3.8) is 0 Å². The van der Waals surface area contributed by atoms with Crippen molar-refractivity contribution in [1.29, 1.82) is 0 Å². The third-order valence-corrected chi connectivity index (χ3v) is 3.17. The number of thioether (sulfide) groups is 1. The van der Waals surface area contributed by atoms with E-state index in [9.17, 15) is 0 Å². The molecule has 0 saturated heterocycles. The lowest BCUT2D eigenvalue weighted by Crippen LogP contribution is -2.34. The molecular formula is C10H14ClNS. The summed E-state index contributed by atoms with van der Waals surface area (Å²) in [4.78, 5) is 1.21. The predicted octanol–water partition coefficient (Wildman–Crippen LogP) is 3.17. The highest BCUT2D eigenvalue weighted by atomic mass is 35.5. The maximum absolute atomic E-state index is 5.87. The van der Waals surface area contributed by atoms with Gasteiger partial charge >= 0.3 is 0 Å². The molecule has 2 N–H and O–H groups in total. The molecule has 1 aromatic rings. The molecule has 0 saturated carbocycles. The minimum Gasteiger partial charge on any atom is -0.325 e. The highest BCUT2D eigenvalue weighted by molar-refractivity contribution is 7.99. The highest BCUT2D eigenvalue weighted by Gasteiger charge is 2.10. The minimum absolute atomic E-state index is 0.121. The Labute approximate surface area is 88.7 Å². The van der Waals surface area contributed by atoms with Crippen LogP contribution in [0, 0.1) is 0 Å². The van der Waals surface area contributed by atoms with E-state index in [0.717, 1.165) is 10.8 Å². The van der Waals surface area contributed by atoms with Crippen molar-refractivity contribution in [2.45, 2.75) is 24.3 Å². The maximum Gasteiger partial charge on any atom is 0.0406 e. The molecule has 1 aromatic carbocycles. The second kappa shape index (κ2) is 4.36. The van der Waals surface area contributed by atoms with Crippen LogP contribution in [0.3, 0.4) is 0 Å². The molecule has 0 radical (unpaired) electrons. The van der Waals surface area contributed by atoms with Gasteiger partial charge in [-0.2, -0.15) is 0 Å². The Morgan fingerprint density at radius 2 is 1.85 bits per heavy atom. The van der Waals surface area contributed by atoms with E-state index in [0.29, 0.717) is 0 Å². The molecule has 0 atom stereocenters. The zero-order valence-electron chi connectivity index (χ0n) is 7.88. The minimum atomic E-state index is -0.121. The molecule has 13 heavy (non-hydrogen) atoms. The van der Waals surface area contributed by atoms with Crippen molar-refractivity contribution in [3.05, 3.63) is 29.3 Å². The van der Waals surface area contributed by atoms with Gasteiger partial charge in [-0.25, -0.2) is 0 Å². The van der Waals surface area contributed by atoms with Crippen molar-refractivity contribution in [1.82, 2.24) is 0 Å². The fourth-order valence-electron chi connectivity index (χ4n) is 0.800. The highest BCUT2D eigenvalue weighted by Crippen LogP contribution is 2.22. The van der Waals surface area contributed by atoms with Crippen LogP contribution >= 0.6 is 23.4 Å². The van der Waals surface area contributed by atoms with Gasteiger partial charge in [-0.05, 0) is 38.1 Å². The molecule has 0 unspecified atom stereocenters. The fourth-order valence-corrected chi connectivity index (χ4v) is 1.79. The Kier molecular flexibility index (Phi) is 3.65. The molecule has 0 aliphatic carbocycles. The van der Waals surface area contributed by atoms with E-state index in [-0.39, 0.29) is 5.54 Å². The van der Waals surface area contributed by atoms with E-state index in [4.69, 9.17) is 17.3 Å². The van der Waals surface area contributed by atoms with Crippen molar-refractivity contribution in [2.75, 3.05) is 5.75 Å². The topological polar surface area (TPSA) is 26.0 Å². The smallest absolute Gasteiger partial charge is 0.0406 e. The summed E-state index contributed by atoms with van der Waals surface area (Å²) in [6, 6.07) is 7.82. The lowest BCUT2D eigenvalue weighted by molar-refractivity contribution is 0.591. The van der Waals surface area contributed by atoms with Gasteiger partial charge in [0.1, 0.15) is 0 Å². The van der Waals surface area contributed by atoms with Crippen LogP contribution in [0.5, 0.6) is 0 Å². The van der Waals surface area contributed by atoms with Gasteiger partial charge in [0.05, 0.1) is 0 Å². The lowest BCUT2D eigenvalue weighted by Gasteiger charge is -2.17. The second-order valence-corrected chi connectivity index (χ2v) is 5.22. The number of hydrogen-bond acceptors (Lipinski definition) is 2. The summed E-state index contributed by atoms with van der Waals surface area (Å²) in [5, 5.41) is 0.774. The second-order valence-electron chi connectivity index (χ2n) is 3.73. The molecule has 0 fully saturated rings. The standard InChI is InChI=1S/C10H14ClNS/c1-10(2,12)7-13-9-5-3-8(11)4-6-9/h3-6H,7,12H2,1-2H3. The van der Waals surface area contributed by atoms with Gasteiger partial charge in [0.2, 0.25) is 0 Å². The van der Waals surface area contributed by atoms with Crippen LogP contribution in [0.25, 0.3) is 0 Å². The third kappa shape index (κ3) is 4.55. The van der Waals surface area contributed by atoms with Crippen LogP contribution in [0.1, 0.15) is 13.8 Å². The first-order chi connectivity index (χ1) is 5.97. The van der Waals surface area contributed by atoms with Crippen molar-refractivity contribution < 1.29 is 0 Å². The van der Waals surface area contributed by atoms with Gasteiger partial charge in [-0.15, -0.1) is 11.8 Å². The first-order valence-electron chi connectivity index (χ1n) is 4.15. The largest absolute Gasteiger partial charge is 0.325 e. The molecular weight excluding hydrogens is 202 g/mol. The summed E-state index contributed by atoms with van der Waals surface area (Å²) in [6.07, 6.45) is 0. The van der Waals surface area contributed by atoms with Crippen molar-refractivity contribution in [3.8, 4) is 0 Å². The summed E-state index contributed by atoms with van der Waals surface area (Å²) >= 11 is 7.52. The summed E-state index contributed by atoms with van der Waals surface area (Å²) in [7, 11) is 0. The third-order valence-electron chi connectivity index (χ3n) is 1.42. The average Bonchev–Trinajstić information content (AvgIpc) is 2.02. The quantitative estimate of drug-likeness (QED) is 0.784. The SMILES string of the molecule is CC(C)(N)CSc1ccc(Cl)cc1. The Hall–Kier alpha value is -0.180. The van der Waals surface area contributed by atoms with Crippen LogP contribution in [-0.2, 0) is 0 Å². The zero-order valence-corrected chi connectivity index (χ0v) is 9.45. The van der Waals surface area contributed by atoms with Crippen LogP contribution in [0.2, 0.25) is 5.02 Å². The molecule has 1 rings (SSSR count). The number of nitrogens with two attached hydrogens (primary N) is 1. The molecule has 0 aliphatic rings. The molecule has 1 nitrogen and oxygen atoms in total. The van der Waals surface area contributed by atoms with E-state index in [1.165, 1.54) is 4.90 Å². The van der Waals surface area contributed by atoms with E-state index < -0.39 is 0 Å². The van der Waals surface area contributed by atoms with Gasteiger partial charge in [0, 0.05) is 21.2 Å². The van der Waals surface area contributed by atoms with Crippen LogP contribution < -0.4 is 5.73 Å². The number of benzene rings is 1. The lowest BCUT2D eigenvalue weighted by atomic mass is 10.1. The Balaban J connectivity index is 2.51. The van der Waals surface area contributed by atoms with Crippen LogP contribution in [0.15, 0.2) is 29.2 Å². The van der Waals surface area contributed by atoms with Crippen LogP contribution in [0.4, 0.5) is 0 Å². The zero-order chi connectivity index (χ0) is 9.90. The Morgan fingerprint density at radius 3 is 2.31 bits per heavy atom. The summed E-state index contributed by atoms with van der Waals surface area (Å²) in [5.41, 5.74) is 5.75. The van der Waals surface area contributed by atoms with Crippen molar-refractivity contribution in [2.24, 2.45) is 5.73 Å². The monoisotopic (exact) mass is 215 g/mol. The molecule has 0 amide bonds. The van der Waals surface area contributed by atoms with Crippen molar-refractivity contribution >= 4 is 23.4 Å². The molecule has 0 bridgehead atoms. The fraction of sp³-hybridized carbons (Fsp3) is 0.400. The molecule has 72 valence electrons. The van der Waals surface area contributed by atoms with Crippen LogP contribution in [-0.4, -0.2) is 11.3 Å². The number of hydrogen-bond donors (Lipinski definition) is 1. The van der Waals surface area contributed by atoms with Gasteiger partial charge in [0.25, 0.3) is 0 Å². The Morgan fingerprint density at radius 1 is 1.31 bits per heavy atom. The first-order valence-corrected chi connectivity index (χ1v) is 5.51.